The normalized spacial score (nSPS) is 12.7. The third kappa shape index (κ3) is 65.1. The highest BCUT2D eigenvalue weighted by molar-refractivity contribution is 5.71. The Labute approximate surface area is 496 Å². The summed E-state index contributed by atoms with van der Waals surface area (Å²) in [5.41, 5.74) is 0. The number of carbonyl (C=O) groups is 3. The highest BCUT2D eigenvalue weighted by Gasteiger charge is 2.19. The van der Waals surface area contributed by atoms with E-state index in [4.69, 9.17) is 14.2 Å². The Bertz CT molecular complexity index is 1560. The van der Waals surface area contributed by atoms with Crippen molar-refractivity contribution < 1.29 is 28.6 Å². The lowest BCUT2D eigenvalue weighted by Gasteiger charge is -2.18. The Hall–Kier alpha value is -3.67. The average molecular weight is 1110 g/mol. The quantitative estimate of drug-likeness (QED) is 0.0261. The van der Waals surface area contributed by atoms with Gasteiger partial charge in [-0.2, -0.15) is 0 Å². The maximum Gasteiger partial charge on any atom is 0.306 e. The van der Waals surface area contributed by atoms with Crippen molar-refractivity contribution in [3.8, 4) is 0 Å². The van der Waals surface area contributed by atoms with Crippen LogP contribution in [-0.4, -0.2) is 37.2 Å². The minimum absolute atomic E-state index is 0.0861. The van der Waals surface area contributed by atoms with E-state index in [1.54, 1.807) is 0 Å². The summed E-state index contributed by atoms with van der Waals surface area (Å²) in [4.78, 5) is 38.4. The predicted molar refractivity (Wildman–Crippen MR) is 348 cm³/mol. The van der Waals surface area contributed by atoms with Crippen molar-refractivity contribution >= 4 is 17.9 Å². The predicted octanol–water partition coefficient (Wildman–Crippen LogP) is 23.6. The molecular weight excluding hydrogens is 985 g/mol. The largest absolute Gasteiger partial charge is 0.462 e. The second kappa shape index (κ2) is 67.8. The molecule has 0 radical (unpaired) electrons. The molecule has 0 rings (SSSR count). The molecule has 0 N–H and O–H groups in total. The van der Waals surface area contributed by atoms with Gasteiger partial charge in [0.1, 0.15) is 13.2 Å². The molecule has 6 heteroatoms. The van der Waals surface area contributed by atoms with Crippen LogP contribution in [0.4, 0.5) is 0 Å². The van der Waals surface area contributed by atoms with Crippen LogP contribution in [0, 0.1) is 0 Å². The maximum absolute atomic E-state index is 13.0. The van der Waals surface area contributed by atoms with Gasteiger partial charge in [0.25, 0.3) is 0 Å². The molecule has 0 bridgehead atoms. The molecule has 0 aliphatic heterocycles. The average Bonchev–Trinajstić information content (AvgIpc) is 3.46. The van der Waals surface area contributed by atoms with Gasteiger partial charge in [-0.3, -0.25) is 14.4 Å². The van der Waals surface area contributed by atoms with Crippen molar-refractivity contribution in [3.63, 3.8) is 0 Å². The topological polar surface area (TPSA) is 78.9 Å². The van der Waals surface area contributed by atoms with E-state index in [0.717, 1.165) is 116 Å². The first-order valence-electron chi connectivity index (χ1n) is 34.2. The fraction of sp³-hybridized carbons (Fsp3) is 0.743. The van der Waals surface area contributed by atoms with Gasteiger partial charge in [-0.15, -0.1) is 0 Å². The summed E-state index contributed by atoms with van der Waals surface area (Å²) in [6.45, 7) is 6.54. The second-order valence-corrected chi connectivity index (χ2v) is 22.7. The fourth-order valence-corrected chi connectivity index (χ4v) is 9.67. The molecule has 0 saturated carbocycles. The van der Waals surface area contributed by atoms with Crippen LogP contribution in [0.2, 0.25) is 0 Å². The summed E-state index contributed by atoms with van der Waals surface area (Å²) in [5.74, 6) is -0.897. The number of hydrogen-bond donors (Lipinski definition) is 0. The van der Waals surface area contributed by atoms with E-state index in [-0.39, 0.29) is 31.1 Å². The van der Waals surface area contributed by atoms with E-state index in [1.807, 2.05) is 0 Å². The third-order valence-electron chi connectivity index (χ3n) is 14.8. The molecule has 0 amide bonds. The summed E-state index contributed by atoms with van der Waals surface area (Å²) < 4.78 is 17.0. The summed E-state index contributed by atoms with van der Waals surface area (Å²) in [6, 6.07) is 0. The molecule has 0 fully saturated rings. The molecular formula is C74H128O6. The second-order valence-electron chi connectivity index (χ2n) is 22.7. The summed E-state index contributed by atoms with van der Waals surface area (Å²) in [5, 5.41) is 0. The van der Waals surface area contributed by atoms with Crippen LogP contribution in [0.1, 0.15) is 335 Å². The molecule has 0 aromatic rings. The highest BCUT2D eigenvalue weighted by atomic mass is 16.6. The number of ether oxygens (including phenoxy) is 3. The SMILES string of the molecule is CC/C=C\C/C=C\C/C=C\C/C=C\C/C=C\C/C=C\CCCCCCCCC(=O)OCC(COC(=O)CCCCCCC/C=C\CCCCCCCCC)OC(=O)CCCCCCCCCCC/C=C\CCCCCCCCCC. The van der Waals surface area contributed by atoms with Crippen LogP contribution in [-0.2, 0) is 28.6 Å². The first-order chi connectivity index (χ1) is 39.5. The smallest absolute Gasteiger partial charge is 0.306 e. The standard InChI is InChI=1S/C74H128O6/c1-4-7-10-13-16-19-22-25-28-31-33-35-36-37-38-40-41-43-46-49-52-55-58-61-64-67-73(76)79-70-71(69-78-72(75)66-63-60-57-54-51-48-45-30-27-24-21-18-15-12-9-6-3)80-74(77)68-65-62-59-56-53-50-47-44-42-39-34-32-29-26-23-20-17-14-11-8-5-2/h7,10,16,19,25,28,30,32-35,37-38,41,43,45,71H,4-6,8-9,11-15,17-18,20-24,26-27,29,31,36,39-40,42,44,46-70H2,1-3H3/b10-7-,19-16-,28-25-,34-32-,35-33-,38-37-,43-41-,45-30-. The Kier molecular flexibility index (Phi) is 64.7. The molecule has 1 atom stereocenters. The zero-order chi connectivity index (χ0) is 57.8. The van der Waals surface area contributed by atoms with Crippen molar-refractivity contribution in [2.24, 2.45) is 0 Å². The maximum atomic E-state index is 13.0. The Balaban J connectivity index is 4.40. The molecule has 0 heterocycles. The Morgan fingerprint density at radius 2 is 0.487 bits per heavy atom. The number of carbonyl (C=O) groups excluding carboxylic acids is 3. The zero-order valence-electron chi connectivity index (χ0n) is 52.8. The number of unbranched alkanes of at least 4 members (excludes halogenated alkanes) is 35. The lowest BCUT2D eigenvalue weighted by atomic mass is 10.1. The molecule has 80 heavy (non-hydrogen) atoms. The number of allylic oxidation sites excluding steroid dienone is 16. The highest BCUT2D eigenvalue weighted by Crippen LogP contribution is 2.16. The van der Waals surface area contributed by atoms with Crippen molar-refractivity contribution in [1.82, 2.24) is 0 Å². The molecule has 6 nitrogen and oxygen atoms in total. The van der Waals surface area contributed by atoms with Crippen LogP contribution < -0.4 is 0 Å². The van der Waals surface area contributed by atoms with Gasteiger partial charge >= 0.3 is 17.9 Å². The Morgan fingerprint density at radius 3 is 0.775 bits per heavy atom. The van der Waals surface area contributed by atoms with E-state index < -0.39 is 6.10 Å². The van der Waals surface area contributed by atoms with E-state index in [1.165, 1.54) is 180 Å². The van der Waals surface area contributed by atoms with Gasteiger partial charge in [0.2, 0.25) is 0 Å². The fourth-order valence-electron chi connectivity index (χ4n) is 9.67. The molecule has 0 aliphatic carbocycles. The Morgan fingerprint density at radius 1 is 0.263 bits per heavy atom. The monoisotopic (exact) mass is 1110 g/mol. The van der Waals surface area contributed by atoms with Crippen LogP contribution in [0.3, 0.4) is 0 Å². The van der Waals surface area contributed by atoms with Gasteiger partial charge < -0.3 is 14.2 Å². The molecule has 0 aliphatic rings. The van der Waals surface area contributed by atoms with E-state index in [9.17, 15) is 14.4 Å². The molecule has 0 spiro atoms. The van der Waals surface area contributed by atoms with Crippen LogP contribution >= 0.6 is 0 Å². The van der Waals surface area contributed by atoms with Crippen molar-refractivity contribution in [2.75, 3.05) is 13.2 Å². The molecule has 0 aromatic heterocycles. The van der Waals surface area contributed by atoms with Gasteiger partial charge in [-0.1, -0.05) is 291 Å². The van der Waals surface area contributed by atoms with Crippen molar-refractivity contribution in [1.29, 1.82) is 0 Å². The van der Waals surface area contributed by atoms with Crippen LogP contribution in [0.5, 0.6) is 0 Å². The number of esters is 3. The first kappa shape index (κ1) is 76.3. The van der Waals surface area contributed by atoms with Gasteiger partial charge in [0.05, 0.1) is 0 Å². The first-order valence-corrected chi connectivity index (χ1v) is 34.2. The van der Waals surface area contributed by atoms with Crippen molar-refractivity contribution in [3.05, 3.63) is 97.2 Å². The minimum atomic E-state index is -0.791. The molecule has 460 valence electrons. The van der Waals surface area contributed by atoms with Gasteiger partial charge in [-0.25, -0.2) is 0 Å². The minimum Gasteiger partial charge on any atom is -0.462 e. The van der Waals surface area contributed by atoms with Gasteiger partial charge in [0.15, 0.2) is 6.10 Å². The van der Waals surface area contributed by atoms with Gasteiger partial charge in [0, 0.05) is 19.3 Å². The van der Waals surface area contributed by atoms with E-state index in [0.29, 0.717) is 19.3 Å². The lowest BCUT2D eigenvalue weighted by molar-refractivity contribution is -0.167. The van der Waals surface area contributed by atoms with E-state index >= 15 is 0 Å². The van der Waals surface area contributed by atoms with Gasteiger partial charge in [-0.05, 0) is 122 Å². The summed E-state index contributed by atoms with van der Waals surface area (Å²) >= 11 is 0. The zero-order valence-corrected chi connectivity index (χ0v) is 52.8. The van der Waals surface area contributed by atoms with Crippen molar-refractivity contribution in [2.45, 2.75) is 341 Å². The third-order valence-corrected chi connectivity index (χ3v) is 14.8. The number of hydrogen-bond acceptors (Lipinski definition) is 6. The van der Waals surface area contributed by atoms with Crippen LogP contribution in [0.15, 0.2) is 97.2 Å². The molecule has 1 unspecified atom stereocenters. The number of rotatable bonds is 62. The summed E-state index contributed by atoms with van der Waals surface area (Å²) in [7, 11) is 0. The van der Waals surface area contributed by atoms with Crippen LogP contribution in [0.25, 0.3) is 0 Å². The summed E-state index contributed by atoms with van der Waals surface area (Å²) in [6.07, 6.45) is 91.3. The lowest BCUT2D eigenvalue weighted by Crippen LogP contribution is -2.30. The van der Waals surface area contributed by atoms with E-state index in [2.05, 4.69) is 118 Å². The molecule has 0 aromatic carbocycles. The molecule has 0 saturated heterocycles.